The highest BCUT2D eigenvalue weighted by atomic mass is 35.5. The molecule has 0 aliphatic carbocycles. The van der Waals surface area contributed by atoms with Crippen molar-refractivity contribution in [1.82, 2.24) is 14.8 Å². The standard InChI is InChI=1S/C20H26ClFN4O2/c1-20(2,3)17-13-28-19(24-17)12-26-6-4-25(5-7-26)11-18(27)23-16-9-14(21)8-15(22)10-16/h8-10,13H,4-7,11-12H2,1-3H3,(H,23,27). The third-order valence-corrected chi connectivity index (χ3v) is 4.88. The lowest BCUT2D eigenvalue weighted by Crippen LogP contribution is -2.48. The Balaban J connectivity index is 1.45. The number of hydrogen-bond acceptors (Lipinski definition) is 5. The van der Waals surface area contributed by atoms with Crippen molar-refractivity contribution in [3.05, 3.63) is 46.9 Å². The van der Waals surface area contributed by atoms with E-state index in [4.69, 9.17) is 16.0 Å². The molecule has 152 valence electrons. The van der Waals surface area contributed by atoms with Crippen LogP contribution < -0.4 is 5.32 Å². The maximum atomic E-state index is 13.4. The molecule has 2 heterocycles. The third kappa shape index (κ3) is 5.77. The Morgan fingerprint density at radius 3 is 2.50 bits per heavy atom. The Kier molecular flexibility index (Phi) is 6.37. The molecule has 1 N–H and O–H groups in total. The average Bonchev–Trinajstić information content (AvgIpc) is 3.04. The number of halogens is 2. The van der Waals surface area contributed by atoms with Gasteiger partial charge in [-0.3, -0.25) is 14.6 Å². The van der Waals surface area contributed by atoms with Crippen molar-refractivity contribution in [2.24, 2.45) is 0 Å². The van der Waals surface area contributed by atoms with Gasteiger partial charge in [-0.05, 0) is 18.2 Å². The number of carbonyl (C=O) groups is 1. The number of carbonyl (C=O) groups excluding carboxylic acids is 1. The van der Waals surface area contributed by atoms with Gasteiger partial charge in [-0.2, -0.15) is 0 Å². The maximum Gasteiger partial charge on any atom is 0.238 e. The summed E-state index contributed by atoms with van der Waals surface area (Å²) in [7, 11) is 0. The molecular weight excluding hydrogens is 383 g/mol. The van der Waals surface area contributed by atoms with Crippen LogP contribution in [0.5, 0.6) is 0 Å². The van der Waals surface area contributed by atoms with Gasteiger partial charge >= 0.3 is 0 Å². The number of nitrogens with zero attached hydrogens (tertiary/aromatic N) is 3. The molecule has 2 aromatic rings. The smallest absolute Gasteiger partial charge is 0.238 e. The summed E-state index contributed by atoms with van der Waals surface area (Å²) in [4.78, 5) is 21.1. The Morgan fingerprint density at radius 1 is 1.21 bits per heavy atom. The molecule has 1 amide bonds. The van der Waals surface area contributed by atoms with E-state index in [0.29, 0.717) is 12.2 Å². The molecule has 0 atom stereocenters. The van der Waals surface area contributed by atoms with Gasteiger partial charge in [-0.25, -0.2) is 9.37 Å². The number of benzene rings is 1. The number of amides is 1. The Labute approximate surface area is 169 Å². The molecule has 0 spiro atoms. The molecule has 1 fully saturated rings. The molecule has 0 unspecified atom stereocenters. The lowest BCUT2D eigenvalue weighted by Gasteiger charge is -2.33. The predicted octanol–water partition coefficient (Wildman–Crippen LogP) is 3.52. The second-order valence-corrected chi connectivity index (χ2v) is 8.57. The molecule has 0 saturated carbocycles. The van der Waals surface area contributed by atoms with Gasteiger partial charge in [0, 0.05) is 42.3 Å². The lowest BCUT2D eigenvalue weighted by atomic mass is 9.93. The Hall–Kier alpha value is -1.96. The topological polar surface area (TPSA) is 61.6 Å². The van der Waals surface area contributed by atoms with Crippen molar-refractivity contribution in [2.75, 3.05) is 38.0 Å². The van der Waals surface area contributed by atoms with Gasteiger partial charge < -0.3 is 9.73 Å². The van der Waals surface area contributed by atoms with Crippen LogP contribution >= 0.6 is 11.6 Å². The van der Waals surface area contributed by atoms with Crippen LogP contribution in [0.3, 0.4) is 0 Å². The van der Waals surface area contributed by atoms with Gasteiger partial charge in [0.05, 0.1) is 18.8 Å². The van der Waals surface area contributed by atoms with Crippen molar-refractivity contribution in [2.45, 2.75) is 32.7 Å². The Morgan fingerprint density at radius 2 is 1.89 bits per heavy atom. The van der Waals surface area contributed by atoms with Crippen molar-refractivity contribution < 1.29 is 13.6 Å². The van der Waals surface area contributed by atoms with Crippen LogP contribution in [0.15, 0.2) is 28.9 Å². The van der Waals surface area contributed by atoms with Gasteiger partial charge in [0.15, 0.2) is 0 Å². The normalized spacial score (nSPS) is 16.3. The largest absolute Gasteiger partial charge is 0.447 e. The van der Waals surface area contributed by atoms with E-state index in [1.54, 1.807) is 6.26 Å². The van der Waals surface area contributed by atoms with Crippen LogP contribution in [0.2, 0.25) is 5.02 Å². The summed E-state index contributed by atoms with van der Waals surface area (Å²) in [5.74, 6) is 0.0642. The quantitative estimate of drug-likeness (QED) is 0.820. The highest BCUT2D eigenvalue weighted by Gasteiger charge is 2.22. The van der Waals surface area contributed by atoms with Crippen LogP contribution in [-0.4, -0.2) is 53.4 Å². The molecule has 3 rings (SSSR count). The molecular formula is C20H26ClFN4O2. The van der Waals surface area contributed by atoms with E-state index in [0.717, 1.165) is 37.8 Å². The first-order chi connectivity index (χ1) is 13.2. The van der Waals surface area contributed by atoms with Crippen molar-refractivity contribution >= 4 is 23.2 Å². The molecule has 1 aromatic heterocycles. The van der Waals surface area contributed by atoms with Gasteiger partial charge in [-0.1, -0.05) is 32.4 Å². The summed E-state index contributed by atoms with van der Waals surface area (Å²) >= 11 is 5.81. The summed E-state index contributed by atoms with van der Waals surface area (Å²) in [6, 6.07) is 3.99. The van der Waals surface area contributed by atoms with Crippen LogP contribution in [0.4, 0.5) is 10.1 Å². The summed E-state index contributed by atoms with van der Waals surface area (Å²) in [5, 5.41) is 2.95. The number of nitrogens with one attached hydrogen (secondary N) is 1. The van der Waals surface area contributed by atoms with Crippen LogP contribution in [0.1, 0.15) is 32.4 Å². The number of anilines is 1. The average molecular weight is 409 g/mol. The number of oxazole rings is 1. The van der Waals surface area contributed by atoms with Crippen molar-refractivity contribution in [3.63, 3.8) is 0 Å². The first kappa shape index (κ1) is 20.8. The zero-order valence-corrected chi connectivity index (χ0v) is 17.2. The molecule has 1 saturated heterocycles. The summed E-state index contributed by atoms with van der Waals surface area (Å²) < 4.78 is 19.0. The van der Waals surface area contributed by atoms with Gasteiger partial charge in [-0.15, -0.1) is 0 Å². The van der Waals surface area contributed by atoms with E-state index in [1.165, 1.54) is 18.2 Å². The van der Waals surface area contributed by atoms with E-state index in [2.05, 4.69) is 40.9 Å². The van der Waals surface area contributed by atoms with E-state index < -0.39 is 5.82 Å². The molecule has 1 aliphatic rings. The van der Waals surface area contributed by atoms with Crippen LogP contribution in [0.25, 0.3) is 0 Å². The van der Waals surface area contributed by atoms with E-state index in [1.807, 2.05) is 0 Å². The molecule has 0 bridgehead atoms. The molecule has 28 heavy (non-hydrogen) atoms. The monoisotopic (exact) mass is 408 g/mol. The minimum Gasteiger partial charge on any atom is -0.447 e. The van der Waals surface area contributed by atoms with Crippen molar-refractivity contribution in [3.8, 4) is 0 Å². The summed E-state index contributed by atoms with van der Waals surface area (Å²) in [6.07, 6.45) is 1.73. The van der Waals surface area contributed by atoms with Crippen LogP contribution in [-0.2, 0) is 16.8 Å². The Bertz CT molecular complexity index is 806. The van der Waals surface area contributed by atoms with Gasteiger partial charge in [0.2, 0.25) is 11.8 Å². The lowest BCUT2D eigenvalue weighted by molar-refractivity contribution is -0.117. The van der Waals surface area contributed by atoms with Gasteiger partial charge in [0.25, 0.3) is 0 Å². The SMILES string of the molecule is CC(C)(C)c1coc(CN2CCN(CC(=O)Nc3cc(F)cc(Cl)c3)CC2)n1. The number of rotatable bonds is 5. The van der Waals surface area contributed by atoms with Gasteiger partial charge in [0.1, 0.15) is 12.1 Å². The number of aromatic nitrogens is 1. The highest BCUT2D eigenvalue weighted by molar-refractivity contribution is 6.30. The minimum absolute atomic E-state index is 0.0281. The fourth-order valence-corrected chi connectivity index (χ4v) is 3.28. The highest BCUT2D eigenvalue weighted by Crippen LogP contribution is 2.22. The zero-order valence-electron chi connectivity index (χ0n) is 16.5. The summed E-state index contributed by atoms with van der Waals surface area (Å²) in [5.41, 5.74) is 1.29. The molecule has 0 radical (unpaired) electrons. The summed E-state index contributed by atoms with van der Waals surface area (Å²) in [6.45, 7) is 10.4. The second kappa shape index (κ2) is 8.59. The molecule has 8 heteroatoms. The maximum absolute atomic E-state index is 13.4. The molecule has 6 nitrogen and oxygen atoms in total. The van der Waals surface area contributed by atoms with E-state index >= 15 is 0 Å². The van der Waals surface area contributed by atoms with E-state index in [-0.39, 0.29) is 22.9 Å². The predicted molar refractivity (Wildman–Crippen MR) is 107 cm³/mol. The van der Waals surface area contributed by atoms with E-state index in [9.17, 15) is 9.18 Å². The molecule has 1 aliphatic heterocycles. The number of piperazine rings is 1. The van der Waals surface area contributed by atoms with Crippen molar-refractivity contribution in [1.29, 1.82) is 0 Å². The molecule has 1 aromatic carbocycles. The third-order valence-electron chi connectivity index (χ3n) is 4.66. The second-order valence-electron chi connectivity index (χ2n) is 8.14. The number of hydrogen-bond donors (Lipinski definition) is 1. The first-order valence-electron chi connectivity index (χ1n) is 9.34. The first-order valence-corrected chi connectivity index (χ1v) is 9.72. The fourth-order valence-electron chi connectivity index (χ4n) is 3.05. The zero-order chi connectivity index (χ0) is 20.3. The fraction of sp³-hybridized carbons (Fsp3) is 0.500. The van der Waals surface area contributed by atoms with Crippen LogP contribution in [0, 0.1) is 5.82 Å². The minimum atomic E-state index is -0.474.